The lowest BCUT2D eigenvalue weighted by Gasteiger charge is -2.24. The average molecular weight is 306 g/mol. The molecule has 0 aliphatic carbocycles. The molecule has 0 fully saturated rings. The number of hydrogen-bond acceptors (Lipinski definition) is 3. The summed E-state index contributed by atoms with van der Waals surface area (Å²) in [6, 6.07) is 4.80. The van der Waals surface area contributed by atoms with Gasteiger partial charge in [-0.15, -0.1) is 0 Å². The Morgan fingerprint density at radius 2 is 1.89 bits per heavy atom. The number of amides is 1. The zero-order chi connectivity index (χ0) is 14.4. The molecule has 1 N–H and O–H groups in total. The summed E-state index contributed by atoms with van der Waals surface area (Å²) in [5.74, 6) is -1.42. The van der Waals surface area contributed by atoms with E-state index in [4.69, 9.17) is 33.0 Å². The van der Waals surface area contributed by atoms with Crippen LogP contribution in [0.25, 0.3) is 0 Å². The van der Waals surface area contributed by atoms with Crippen LogP contribution in [0.2, 0.25) is 10.0 Å². The minimum absolute atomic E-state index is 0.0268. The molecule has 0 radical (unpaired) electrons. The van der Waals surface area contributed by atoms with Crippen LogP contribution in [0.5, 0.6) is 0 Å². The van der Waals surface area contributed by atoms with Gasteiger partial charge in [0.15, 0.2) is 0 Å². The molecule has 1 amide bonds. The lowest BCUT2D eigenvalue weighted by Crippen LogP contribution is -2.36. The maximum atomic E-state index is 12.0. The van der Waals surface area contributed by atoms with Crippen LogP contribution < -0.4 is 4.90 Å². The normalized spacial score (nSPS) is 10.3. The minimum atomic E-state index is -1.02. The zero-order valence-electron chi connectivity index (χ0n) is 10.2. The van der Waals surface area contributed by atoms with Crippen LogP contribution >= 0.6 is 23.2 Å². The zero-order valence-corrected chi connectivity index (χ0v) is 11.7. The molecule has 0 saturated carbocycles. The average Bonchev–Trinajstić information content (AvgIpc) is 2.32. The molecule has 1 aromatic carbocycles. The summed E-state index contributed by atoms with van der Waals surface area (Å²) >= 11 is 12.0. The molecule has 1 rings (SSSR count). The van der Waals surface area contributed by atoms with Gasteiger partial charge in [-0.05, 0) is 12.1 Å². The number of ether oxygens (including phenoxy) is 1. The van der Waals surface area contributed by atoms with Gasteiger partial charge in [0.05, 0.1) is 22.2 Å². The predicted octanol–water partition coefficient (Wildman–Crippen LogP) is 2.45. The molecular formula is C12H13Cl2NO4. The Bertz CT molecular complexity index is 459. The summed E-state index contributed by atoms with van der Waals surface area (Å²) in [5, 5.41) is 9.28. The van der Waals surface area contributed by atoms with Crippen molar-refractivity contribution in [3.05, 3.63) is 28.2 Å². The van der Waals surface area contributed by atoms with Crippen molar-refractivity contribution >= 4 is 40.8 Å². The van der Waals surface area contributed by atoms with Gasteiger partial charge in [0, 0.05) is 13.7 Å². The molecule has 104 valence electrons. The number of hydrogen-bond donors (Lipinski definition) is 1. The second-order valence-electron chi connectivity index (χ2n) is 3.69. The number of methoxy groups -OCH3 is 1. The second kappa shape index (κ2) is 7.33. The van der Waals surface area contributed by atoms with Crippen molar-refractivity contribution in [2.75, 3.05) is 25.2 Å². The highest BCUT2D eigenvalue weighted by Gasteiger charge is 2.21. The standard InChI is InChI=1S/C12H13Cl2NO4/c1-19-7-10(16)15(6-5-11(17)18)12-8(13)3-2-4-9(12)14/h2-4H,5-7H2,1H3,(H,17,18). The van der Waals surface area contributed by atoms with E-state index in [0.717, 1.165) is 0 Å². The minimum Gasteiger partial charge on any atom is -0.481 e. The van der Waals surface area contributed by atoms with E-state index in [0.29, 0.717) is 5.69 Å². The molecule has 0 heterocycles. The Labute approximate surface area is 120 Å². The third-order valence-corrected chi connectivity index (χ3v) is 2.94. The van der Waals surface area contributed by atoms with E-state index >= 15 is 0 Å². The van der Waals surface area contributed by atoms with Crippen LogP contribution in [0.3, 0.4) is 0 Å². The second-order valence-corrected chi connectivity index (χ2v) is 4.51. The van der Waals surface area contributed by atoms with Gasteiger partial charge in [0.25, 0.3) is 5.91 Å². The Morgan fingerprint density at radius 1 is 1.32 bits per heavy atom. The van der Waals surface area contributed by atoms with Crippen molar-refractivity contribution in [3.63, 3.8) is 0 Å². The Morgan fingerprint density at radius 3 is 2.37 bits per heavy atom. The maximum absolute atomic E-state index is 12.0. The number of nitrogens with zero attached hydrogens (tertiary/aromatic N) is 1. The van der Waals surface area contributed by atoms with Gasteiger partial charge in [0.2, 0.25) is 0 Å². The molecule has 0 bridgehead atoms. The highest BCUT2D eigenvalue weighted by molar-refractivity contribution is 6.39. The smallest absolute Gasteiger partial charge is 0.305 e. The number of carbonyl (C=O) groups excluding carboxylic acids is 1. The molecule has 0 aromatic heterocycles. The van der Waals surface area contributed by atoms with Gasteiger partial charge in [0.1, 0.15) is 6.61 Å². The van der Waals surface area contributed by atoms with Gasteiger partial charge < -0.3 is 14.7 Å². The van der Waals surface area contributed by atoms with Crippen LogP contribution in [-0.4, -0.2) is 37.2 Å². The topological polar surface area (TPSA) is 66.8 Å². The molecule has 0 aliphatic rings. The Balaban J connectivity index is 3.07. The van der Waals surface area contributed by atoms with Crippen molar-refractivity contribution in [1.29, 1.82) is 0 Å². The van der Waals surface area contributed by atoms with Crippen LogP contribution in [0.4, 0.5) is 5.69 Å². The predicted molar refractivity (Wildman–Crippen MR) is 72.9 cm³/mol. The van der Waals surface area contributed by atoms with Gasteiger partial charge >= 0.3 is 5.97 Å². The molecule has 7 heteroatoms. The van der Waals surface area contributed by atoms with E-state index in [1.54, 1.807) is 18.2 Å². The van der Waals surface area contributed by atoms with E-state index < -0.39 is 11.9 Å². The van der Waals surface area contributed by atoms with Gasteiger partial charge in [-0.3, -0.25) is 9.59 Å². The van der Waals surface area contributed by atoms with Crippen molar-refractivity contribution in [2.45, 2.75) is 6.42 Å². The summed E-state index contributed by atoms with van der Waals surface area (Å²) in [6.07, 6.45) is -0.211. The third-order valence-electron chi connectivity index (χ3n) is 2.33. The van der Waals surface area contributed by atoms with Crippen LogP contribution in [0.1, 0.15) is 6.42 Å². The highest BCUT2D eigenvalue weighted by atomic mass is 35.5. The van der Waals surface area contributed by atoms with Crippen LogP contribution in [-0.2, 0) is 14.3 Å². The number of aliphatic carboxylic acids is 1. The Hall–Kier alpha value is -1.30. The fourth-order valence-corrected chi connectivity index (χ4v) is 2.12. The lowest BCUT2D eigenvalue weighted by atomic mass is 10.2. The van der Waals surface area contributed by atoms with E-state index in [1.807, 2.05) is 0 Å². The summed E-state index contributed by atoms with van der Waals surface area (Å²) in [4.78, 5) is 23.8. The third kappa shape index (κ3) is 4.38. The molecule has 0 saturated heterocycles. The number of carboxylic acids is 1. The van der Waals surface area contributed by atoms with Gasteiger partial charge in [-0.1, -0.05) is 29.3 Å². The lowest BCUT2D eigenvalue weighted by molar-refractivity contribution is -0.136. The van der Waals surface area contributed by atoms with Crippen molar-refractivity contribution < 1.29 is 19.4 Å². The van der Waals surface area contributed by atoms with Crippen molar-refractivity contribution in [1.82, 2.24) is 0 Å². The summed E-state index contributed by atoms with van der Waals surface area (Å²) in [6.45, 7) is -0.206. The fourth-order valence-electron chi connectivity index (χ4n) is 1.52. The number of halogens is 2. The first-order chi connectivity index (χ1) is 8.97. The number of carbonyl (C=O) groups is 2. The maximum Gasteiger partial charge on any atom is 0.305 e. The molecule has 0 spiro atoms. The number of benzene rings is 1. The summed E-state index contributed by atoms with van der Waals surface area (Å²) in [5.41, 5.74) is 0.300. The van der Waals surface area contributed by atoms with Crippen molar-refractivity contribution in [3.8, 4) is 0 Å². The van der Waals surface area contributed by atoms with E-state index in [-0.39, 0.29) is 29.6 Å². The van der Waals surface area contributed by atoms with E-state index in [1.165, 1.54) is 12.0 Å². The molecule has 19 heavy (non-hydrogen) atoms. The molecule has 0 unspecified atom stereocenters. The van der Waals surface area contributed by atoms with Gasteiger partial charge in [-0.25, -0.2) is 0 Å². The summed E-state index contributed by atoms with van der Waals surface area (Å²) < 4.78 is 4.77. The fraction of sp³-hybridized carbons (Fsp3) is 0.333. The quantitative estimate of drug-likeness (QED) is 0.876. The Kier molecular flexibility index (Phi) is 6.08. The monoisotopic (exact) mass is 305 g/mol. The largest absolute Gasteiger partial charge is 0.481 e. The highest BCUT2D eigenvalue weighted by Crippen LogP contribution is 2.33. The molecule has 0 aliphatic heterocycles. The first-order valence-corrected chi connectivity index (χ1v) is 6.18. The van der Waals surface area contributed by atoms with Crippen LogP contribution in [0.15, 0.2) is 18.2 Å². The van der Waals surface area contributed by atoms with Crippen LogP contribution in [0, 0.1) is 0 Å². The molecule has 0 atom stereocenters. The number of para-hydroxylation sites is 1. The first kappa shape index (κ1) is 15.8. The van der Waals surface area contributed by atoms with Crippen molar-refractivity contribution in [2.24, 2.45) is 0 Å². The molecular weight excluding hydrogens is 293 g/mol. The van der Waals surface area contributed by atoms with E-state index in [9.17, 15) is 9.59 Å². The summed E-state index contributed by atoms with van der Waals surface area (Å²) in [7, 11) is 1.38. The van der Waals surface area contributed by atoms with Gasteiger partial charge in [-0.2, -0.15) is 0 Å². The number of carboxylic acid groups (broad SMARTS) is 1. The number of anilines is 1. The number of rotatable bonds is 6. The first-order valence-electron chi connectivity index (χ1n) is 5.42. The molecule has 1 aromatic rings. The SMILES string of the molecule is COCC(=O)N(CCC(=O)O)c1c(Cl)cccc1Cl. The van der Waals surface area contributed by atoms with E-state index in [2.05, 4.69) is 0 Å². The molecule has 5 nitrogen and oxygen atoms in total.